The fourth-order valence-electron chi connectivity index (χ4n) is 3.69. The highest BCUT2D eigenvalue weighted by Crippen LogP contribution is 2.37. The topological polar surface area (TPSA) is 73.7 Å². The molecule has 4 aromatic rings. The van der Waals surface area contributed by atoms with Gasteiger partial charge < -0.3 is 14.4 Å². The van der Waals surface area contributed by atoms with Gasteiger partial charge in [-0.15, -0.1) is 0 Å². The van der Waals surface area contributed by atoms with E-state index in [-0.39, 0.29) is 11.9 Å². The third kappa shape index (κ3) is 2.86. The van der Waals surface area contributed by atoms with Gasteiger partial charge in [0.2, 0.25) is 0 Å². The van der Waals surface area contributed by atoms with E-state index >= 15 is 0 Å². The molecule has 2 N–H and O–H groups in total. The highest BCUT2D eigenvalue weighted by atomic mass is 19.1. The van der Waals surface area contributed by atoms with Crippen LogP contribution in [0.1, 0.15) is 29.0 Å². The summed E-state index contributed by atoms with van der Waals surface area (Å²) >= 11 is 0. The first-order valence-electron chi connectivity index (χ1n) is 8.88. The number of hydrogen-bond donors (Lipinski definition) is 2. The van der Waals surface area contributed by atoms with Crippen LogP contribution in [0, 0.1) is 5.82 Å². The highest BCUT2D eigenvalue weighted by Gasteiger charge is 2.33. The van der Waals surface area contributed by atoms with Crippen LogP contribution in [-0.4, -0.2) is 31.4 Å². The number of nitrogens with zero attached hydrogens (tertiary/aromatic N) is 3. The Morgan fingerprint density at radius 2 is 2.07 bits per heavy atom. The zero-order chi connectivity index (χ0) is 18.2. The maximum Gasteiger partial charge on any atom is 0.137 e. The fourth-order valence-corrected chi connectivity index (χ4v) is 3.69. The van der Waals surface area contributed by atoms with E-state index in [0.717, 1.165) is 35.9 Å². The quantitative estimate of drug-likeness (QED) is 0.580. The minimum absolute atomic E-state index is 0.148. The molecule has 0 radical (unpaired) electrons. The molecular formula is C20H18FN5O. The SMILES string of the molecule is Fc1ccccc1-c1ccc(C2c3nc[nH]c3CCN2Cc2ncc[nH]2)o1. The van der Waals surface area contributed by atoms with Crippen molar-refractivity contribution in [3.63, 3.8) is 0 Å². The van der Waals surface area contributed by atoms with Crippen LogP contribution in [0.25, 0.3) is 11.3 Å². The second-order valence-corrected chi connectivity index (χ2v) is 6.61. The third-order valence-electron chi connectivity index (χ3n) is 4.97. The van der Waals surface area contributed by atoms with Crippen molar-refractivity contribution in [2.75, 3.05) is 6.54 Å². The van der Waals surface area contributed by atoms with Crippen molar-refractivity contribution >= 4 is 0 Å². The van der Waals surface area contributed by atoms with Gasteiger partial charge in [-0.2, -0.15) is 0 Å². The smallest absolute Gasteiger partial charge is 0.137 e. The molecule has 1 atom stereocenters. The normalized spacial score (nSPS) is 17.1. The van der Waals surface area contributed by atoms with Crippen LogP contribution in [0.2, 0.25) is 0 Å². The van der Waals surface area contributed by atoms with Crippen molar-refractivity contribution < 1.29 is 8.81 Å². The summed E-state index contributed by atoms with van der Waals surface area (Å²) < 4.78 is 20.2. The summed E-state index contributed by atoms with van der Waals surface area (Å²) in [6.45, 7) is 1.50. The Morgan fingerprint density at radius 3 is 2.93 bits per heavy atom. The maximum atomic E-state index is 14.1. The Morgan fingerprint density at radius 1 is 1.15 bits per heavy atom. The molecule has 1 aromatic carbocycles. The van der Waals surface area contributed by atoms with Crippen molar-refractivity contribution in [2.45, 2.75) is 19.0 Å². The van der Waals surface area contributed by atoms with Crippen molar-refractivity contribution in [1.29, 1.82) is 0 Å². The molecule has 0 saturated heterocycles. The molecule has 0 bridgehead atoms. The standard InChI is InChI=1S/C20H18FN5O/c21-14-4-2-1-3-13(14)16-5-6-17(27-16)20-19-15(24-12-25-19)7-10-26(20)11-18-22-8-9-23-18/h1-6,8-9,12,20H,7,10-11H2,(H,22,23)(H,24,25). The van der Waals surface area contributed by atoms with Crippen LogP contribution < -0.4 is 0 Å². The first-order valence-corrected chi connectivity index (χ1v) is 8.88. The first-order chi connectivity index (χ1) is 13.3. The molecule has 0 aliphatic carbocycles. The molecule has 3 aromatic heterocycles. The van der Waals surface area contributed by atoms with E-state index in [2.05, 4.69) is 24.8 Å². The van der Waals surface area contributed by atoms with E-state index in [1.165, 1.54) is 6.07 Å². The number of furan rings is 1. The van der Waals surface area contributed by atoms with Gasteiger partial charge in [0.25, 0.3) is 0 Å². The van der Waals surface area contributed by atoms with Crippen molar-refractivity contribution in [3.8, 4) is 11.3 Å². The Hall–Kier alpha value is -3.19. The zero-order valence-electron chi connectivity index (χ0n) is 14.5. The molecule has 1 unspecified atom stereocenters. The van der Waals surface area contributed by atoms with Crippen molar-refractivity contribution in [2.24, 2.45) is 0 Å². The van der Waals surface area contributed by atoms with E-state index in [1.54, 1.807) is 30.7 Å². The van der Waals surface area contributed by atoms with Crippen LogP contribution in [-0.2, 0) is 13.0 Å². The summed E-state index contributed by atoms with van der Waals surface area (Å²) in [5.41, 5.74) is 2.51. The van der Waals surface area contributed by atoms with E-state index in [1.807, 2.05) is 18.3 Å². The van der Waals surface area contributed by atoms with Gasteiger partial charge in [0.1, 0.15) is 29.2 Å². The van der Waals surface area contributed by atoms with Gasteiger partial charge in [-0.1, -0.05) is 12.1 Å². The molecule has 5 rings (SSSR count). The number of H-pyrrole nitrogens is 2. The molecule has 0 fully saturated rings. The molecule has 27 heavy (non-hydrogen) atoms. The Kier molecular flexibility index (Phi) is 3.86. The van der Waals surface area contributed by atoms with Crippen LogP contribution in [0.5, 0.6) is 0 Å². The lowest BCUT2D eigenvalue weighted by Gasteiger charge is -2.33. The van der Waals surface area contributed by atoms with Crippen molar-refractivity contribution in [1.82, 2.24) is 24.8 Å². The number of benzene rings is 1. The van der Waals surface area contributed by atoms with Crippen molar-refractivity contribution in [3.05, 3.63) is 83.9 Å². The number of hydrogen-bond acceptors (Lipinski definition) is 4. The molecule has 0 saturated carbocycles. The molecule has 0 spiro atoms. The second kappa shape index (κ2) is 6.51. The summed E-state index contributed by atoms with van der Waals surface area (Å²) in [5, 5.41) is 0. The Balaban J connectivity index is 1.53. The monoisotopic (exact) mass is 363 g/mol. The lowest BCUT2D eigenvalue weighted by Crippen LogP contribution is -2.36. The van der Waals surface area contributed by atoms with Gasteiger partial charge in [-0.25, -0.2) is 14.4 Å². The van der Waals surface area contributed by atoms with Gasteiger partial charge in [0.05, 0.1) is 24.1 Å². The number of imidazole rings is 2. The summed E-state index contributed by atoms with van der Waals surface area (Å²) in [5.74, 6) is 1.85. The van der Waals surface area contributed by atoms with Gasteiger partial charge in [-0.3, -0.25) is 4.90 Å². The molecule has 1 aliphatic heterocycles. The summed E-state index contributed by atoms with van der Waals surface area (Å²) in [4.78, 5) is 17.5. The maximum absolute atomic E-state index is 14.1. The van der Waals surface area contributed by atoms with E-state index < -0.39 is 0 Å². The Labute approximate surface area is 155 Å². The number of aromatic nitrogens is 4. The summed E-state index contributed by atoms with van der Waals surface area (Å²) in [6.07, 6.45) is 6.16. The average molecular weight is 363 g/mol. The molecule has 6 nitrogen and oxygen atoms in total. The molecular weight excluding hydrogens is 345 g/mol. The molecule has 4 heterocycles. The molecule has 0 amide bonds. The van der Waals surface area contributed by atoms with Gasteiger partial charge in [-0.05, 0) is 24.3 Å². The third-order valence-corrected chi connectivity index (χ3v) is 4.97. The lowest BCUT2D eigenvalue weighted by molar-refractivity contribution is 0.176. The lowest BCUT2D eigenvalue weighted by atomic mass is 10.0. The number of aromatic amines is 2. The minimum Gasteiger partial charge on any atom is -0.459 e. The van der Waals surface area contributed by atoms with Crippen LogP contribution in [0.15, 0.2) is 59.5 Å². The number of halogens is 1. The zero-order valence-corrected chi connectivity index (χ0v) is 14.5. The molecule has 1 aliphatic rings. The molecule has 136 valence electrons. The minimum atomic E-state index is -0.296. The second-order valence-electron chi connectivity index (χ2n) is 6.61. The molecule has 7 heteroatoms. The fraction of sp³-hybridized carbons (Fsp3) is 0.200. The largest absolute Gasteiger partial charge is 0.459 e. The summed E-state index contributed by atoms with van der Waals surface area (Å²) in [7, 11) is 0. The van der Waals surface area contributed by atoms with E-state index in [4.69, 9.17) is 4.42 Å². The van der Waals surface area contributed by atoms with Gasteiger partial charge in [0, 0.05) is 31.1 Å². The Bertz CT molecular complexity index is 1050. The predicted molar refractivity (Wildman–Crippen MR) is 97.2 cm³/mol. The van der Waals surface area contributed by atoms with E-state index in [9.17, 15) is 4.39 Å². The van der Waals surface area contributed by atoms with Crippen LogP contribution in [0.3, 0.4) is 0 Å². The average Bonchev–Trinajstić information content (AvgIpc) is 3.44. The number of rotatable bonds is 4. The van der Waals surface area contributed by atoms with Crippen LogP contribution >= 0.6 is 0 Å². The van der Waals surface area contributed by atoms with Crippen LogP contribution in [0.4, 0.5) is 4.39 Å². The highest BCUT2D eigenvalue weighted by molar-refractivity contribution is 5.58. The van der Waals surface area contributed by atoms with Gasteiger partial charge >= 0.3 is 0 Å². The van der Waals surface area contributed by atoms with Gasteiger partial charge in [0.15, 0.2) is 0 Å². The predicted octanol–water partition coefficient (Wildman–Crippen LogP) is 3.68. The number of nitrogens with one attached hydrogen (secondary N) is 2. The first kappa shape index (κ1) is 16.0. The number of fused-ring (bicyclic) bond motifs is 1. The van der Waals surface area contributed by atoms with E-state index in [0.29, 0.717) is 17.9 Å². The summed E-state index contributed by atoms with van der Waals surface area (Å²) in [6, 6.07) is 10.2.